The first-order valence-corrected chi connectivity index (χ1v) is 10.7. The summed E-state index contributed by atoms with van der Waals surface area (Å²) < 4.78 is 0. The molecule has 0 N–H and O–H groups in total. The molecule has 0 aliphatic carbocycles. The van der Waals surface area contributed by atoms with Crippen LogP contribution in [0.3, 0.4) is 0 Å². The maximum Gasteiger partial charge on any atom is 0.249 e. The van der Waals surface area contributed by atoms with E-state index < -0.39 is 7.38 Å². The van der Waals surface area contributed by atoms with Crippen molar-refractivity contribution in [2.75, 3.05) is 19.0 Å². The quantitative estimate of drug-likeness (QED) is 0.402. The lowest BCUT2D eigenvalue weighted by atomic mass is 10.3. The summed E-state index contributed by atoms with van der Waals surface area (Å²) in [4.78, 5) is 2.14. The van der Waals surface area contributed by atoms with Gasteiger partial charge in [-0.3, -0.25) is 0 Å². The van der Waals surface area contributed by atoms with E-state index >= 15 is 0 Å². The normalized spacial score (nSPS) is 11.3. The summed E-state index contributed by atoms with van der Waals surface area (Å²) in [5.74, 6) is 0. The third-order valence-corrected chi connectivity index (χ3v) is 9.44. The molecular formula is C20H20ClNSi. The minimum Gasteiger partial charge on any atom is -0.378 e. The molecule has 0 saturated carbocycles. The Bertz CT molecular complexity index is 732. The van der Waals surface area contributed by atoms with Crippen molar-refractivity contribution in [3.8, 4) is 0 Å². The number of para-hydroxylation sites is 1. The van der Waals surface area contributed by atoms with Crippen molar-refractivity contribution in [1.82, 2.24) is 0 Å². The first-order chi connectivity index (χ1) is 11.1. The van der Waals surface area contributed by atoms with Crippen LogP contribution < -0.4 is 20.5 Å². The molecule has 3 aromatic rings. The number of hydrogen-bond donors (Lipinski definition) is 0. The highest BCUT2D eigenvalue weighted by Crippen LogP contribution is 2.18. The Kier molecular flexibility index (Phi) is 4.55. The number of halogens is 1. The van der Waals surface area contributed by atoms with Gasteiger partial charge >= 0.3 is 0 Å². The first kappa shape index (κ1) is 15.8. The largest absolute Gasteiger partial charge is 0.378 e. The van der Waals surface area contributed by atoms with Gasteiger partial charge in [0.25, 0.3) is 0 Å². The van der Waals surface area contributed by atoms with Crippen LogP contribution in [0.1, 0.15) is 0 Å². The van der Waals surface area contributed by atoms with Gasteiger partial charge in [-0.1, -0.05) is 78.9 Å². The average Bonchev–Trinajstić information content (AvgIpc) is 2.62. The third-order valence-electron chi connectivity index (χ3n) is 4.10. The molecule has 1 nitrogen and oxygen atoms in total. The van der Waals surface area contributed by atoms with Gasteiger partial charge in [0, 0.05) is 19.8 Å². The van der Waals surface area contributed by atoms with E-state index in [4.69, 9.17) is 11.1 Å². The number of benzene rings is 3. The van der Waals surface area contributed by atoms with E-state index in [1.807, 2.05) is 12.1 Å². The summed E-state index contributed by atoms with van der Waals surface area (Å²) in [5, 5.41) is 3.65. The third kappa shape index (κ3) is 2.92. The minimum absolute atomic E-state index is 1.18. The summed E-state index contributed by atoms with van der Waals surface area (Å²) in [6.45, 7) is 0. The fourth-order valence-electron chi connectivity index (χ4n) is 2.97. The topological polar surface area (TPSA) is 3.24 Å². The molecule has 0 aromatic heterocycles. The van der Waals surface area contributed by atoms with Crippen LogP contribution >= 0.6 is 11.1 Å². The van der Waals surface area contributed by atoms with Gasteiger partial charge in [0.1, 0.15) is 0 Å². The molecular weight excluding hydrogens is 318 g/mol. The molecule has 0 spiro atoms. The van der Waals surface area contributed by atoms with Crippen LogP contribution in [-0.4, -0.2) is 21.5 Å². The van der Waals surface area contributed by atoms with Gasteiger partial charge in [0.15, 0.2) is 0 Å². The Morgan fingerprint density at radius 3 is 1.57 bits per heavy atom. The second-order valence-electron chi connectivity index (χ2n) is 5.80. The van der Waals surface area contributed by atoms with Gasteiger partial charge in [-0.2, -0.15) is 0 Å². The van der Waals surface area contributed by atoms with E-state index in [2.05, 4.69) is 91.8 Å². The van der Waals surface area contributed by atoms with Crippen molar-refractivity contribution in [2.45, 2.75) is 0 Å². The monoisotopic (exact) mass is 337 g/mol. The summed E-state index contributed by atoms with van der Waals surface area (Å²) in [7, 11) is 1.59. The fraction of sp³-hybridized carbons (Fsp3) is 0.100. The van der Waals surface area contributed by atoms with Crippen LogP contribution in [0.15, 0.2) is 84.9 Å². The van der Waals surface area contributed by atoms with Crippen molar-refractivity contribution >= 4 is 39.7 Å². The molecule has 0 atom stereocenters. The summed E-state index contributed by atoms with van der Waals surface area (Å²) in [6.07, 6.45) is 0. The minimum atomic E-state index is -2.55. The van der Waals surface area contributed by atoms with Crippen molar-refractivity contribution < 1.29 is 0 Å². The summed E-state index contributed by atoms with van der Waals surface area (Å²) in [5.41, 5.74) is 1.18. The zero-order chi connectivity index (χ0) is 16.3. The van der Waals surface area contributed by atoms with Crippen molar-refractivity contribution in [1.29, 1.82) is 0 Å². The molecule has 0 bridgehead atoms. The van der Waals surface area contributed by atoms with E-state index in [1.165, 1.54) is 21.2 Å². The molecule has 3 heteroatoms. The highest BCUT2D eigenvalue weighted by molar-refractivity contribution is 7.40. The van der Waals surface area contributed by atoms with Crippen molar-refractivity contribution in [2.24, 2.45) is 0 Å². The van der Waals surface area contributed by atoms with Crippen LogP contribution in [0.2, 0.25) is 0 Å². The average molecular weight is 338 g/mol. The fourth-order valence-corrected chi connectivity index (χ4v) is 7.45. The molecule has 3 rings (SSSR count). The van der Waals surface area contributed by atoms with Gasteiger partial charge in [-0.15, -0.1) is 11.1 Å². The molecule has 0 amide bonds. The Morgan fingerprint density at radius 2 is 1.09 bits per heavy atom. The van der Waals surface area contributed by atoms with Gasteiger partial charge in [0.05, 0.1) is 0 Å². The van der Waals surface area contributed by atoms with Gasteiger partial charge < -0.3 is 4.90 Å². The van der Waals surface area contributed by atoms with E-state index in [0.717, 1.165) is 0 Å². The highest BCUT2D eigenvalue weighted by atomic mass is 35.6. The zero-order valence-electron chi connectivity index (χ0n) is 13.4. The number of anilines is 1. The first-order valence-electron chi connectivity index (χ1n) is 7.71. The van der Waals surface area contributed by atoms with E-state index in [-0.39, 0.29) is 0 Å². The van der Waals surface area contributed by atoms with Gasteiger partial charge in [-0.05, 0) is 21.6 Å². The Morgan fingerprint density at radius 1 is 0.652 bits per heavy atom. The lowest BCUT2D eigenvalue weighted by Crippen LogP contribution is -2.63. The highest BCUT2D eigenvalue weighted by Gasteiger charge is 2.39. The molecule has 3 aromatic carbocycles. The van der Waals surface area contributed by atoms with Crippen LogP contribution in [0, 0.1) is 0 Å². The van der Waals surface area contributed by atoms with E-state index in [1.54, 1.807) is 0 Å². The SMILES string of the molecule is CN(C)c1ccccc1[Si](Cl)(c1ccccc1)c1ccccc1. The molecule has 0 heterocycles. The number of hydrogen-bond acceptors (Lipinski definition) is 1. The molecule has 116 valence electrons. The maximum absolute atomic E-state index is 7.48. The molecule has 0 unspecified atom stereocenters. The van der Waals surface area contributed by atoms with Crippen LogP contribution in [0.5, 0.6) is 0 Å². The van der Waals surface area contributed by atoms with E-state index in [9.17, 15) is 0 Å². The lowest BCUT2D eigenvalue weighted by molar-refractivity contribution is 1.14. The van der Waals surface area contributed by atoms with Crippen LogP contribution in [0.4, 0.5) is 5.69 Å². The predicted octanol–water partition coefficient (Wildman–Crippen LogP) is 2.96. The Hall–Kier alpha value is -2.03. The van der Waals surface area contributed by atoms with E-state index in [0.29, 0.717) is 0 Å². The number of rotatable bonds is 4. The standard InChI is InChI=1S/C20H20ClNSi/c1-22(2)19-15-9-10-16-20(19)23(21,17-11-5-3-6-12-17)18-13-7-4-8-14-18/h3-16H,1-2H3. The Labute approximate surface area is 143 Å². The van der Waals surface area contributed by atoms with Gasteiger partial charge in [-0.25, -0.2) is 0 Å². The Balaban J connectivity index is 2.30. The predicted molar refractivity (Wildman–Crippen MR) is 104 cm³/mol. The lowest BCUT2D eigenvalue weighted by Gasteiger charge is -2.30. The van der Waals surface area contributed by atoms with Gasteiger partial charge in [0.2, 0.25) is 7.38 Å². The van der Waals surface area contributed by atoms with Crippen molar-refractivity contribution in [3.05, 3.63) is 84.9 Å². The summed E-state index contributed by atoms with van der Waals surface area (Å²) in [6, 6.07) is 29.4. The second kappa shape index (κ2) is 6.61. The van der Waals surface area contributed by atoms with Crippen LogP contribution in [0.25, 0.3) is 0 Å². The molecule has 0 fully saturated rings. The summed E-state index contributed by atoms with van der Waals surface area (Å²) >= 11 is 7.48. The maximum atomic E-state index is 7.48. The molecule has 0 aliphatic rings. The zero-order valence-corrected chi connectivity index (χ0v) is 15.2. The molecule has 0 radical (unpaired) electrons. The van der Waals surface area contributed by atoms with Crippen molar-refractivity contribution in [3.63, 3.8) is 0 Å². The molecule has 23 heavy (non-hydrogen) atoms. The smallest absolute Gasteiger partial charge is 0.249 e. The molecule has 0 aliphatic heterocycles. The molecule has 0 saturated heterocycles. The number of nitrogens with zero attached hydrogens (tertiary/aromatic N) is 1. The van der Waals surface area contributed by atoms with Crippen LogP contribution in [-0.2, 0) is 0 Å². The second-order valence-corrected chi connectivity index (χ2v) is 10.5.